The van der Waals surface area contributed by atoms with Gasteiger partial charge in [0, 0.05) is 19.6 Å². The summed E-state index contributed by atoms with van der Waals surface area (Å²) >= 11 is 0. The number of aryl methyl sites for hydroxylation is 2. The van der Waals surface area contributed by atoms with Gasteiger partial charge < -0.3 is 4.90 Å². The number of benzene rings is 1. The van der Waals surface area contributed by atoms with Crippen LogP contribution in [0.3, 0.4) is 0 Å². The van der Waals surface area contributed by atoms with Gasteiger partial charge in [-0.15, -0.1) is 0 Å². The molecule has 1 amide bonds. The van der Waals surface area contributed by atoms with E-state index < -0.39 is 29.5 Å². The maximum Gasteiger partial charge on any atom is 0.283 e. The lowest BCUT2D eigenvalue weighted by Crippen LogP contribution is -2.34. The van der Waals surface area contributed by atoms with E-state index in [4.69, 9.17) is 0 Å². The maximum atomic E-state index is 14.4. The number of halogens is 3. The van der Waals surface area contributed by atoms with Crippen LogP contribution >= 0.6 is 0 Å². The third-order valence-corrected chi connectivity index (χ3v) is 5.51. The van der Waals surface area contributed by atoms with Crippen molar-refractivity contribution in [3.05, 3.63) is 52.1 Å². The Balaban J connectivity index is 1.68. The average Bonchev–Trinajstić information content (AvgIpc) is 3.45. The molecule has 0 radical (unpaired) electrons. The Labute approximate surface area is 156 Å². The minimum atomic E-state index is -3.00. The molecule has 7 heteroatoms. The van der Waals surface area contributed by atoms with E-state index in [1.807, 2.05) is 12.1 Å². The van der Waals surface area contributed by atoms with Gasteiger partial charge in [-0.1, -0.05) is 18.2 Å². The number of hydrogen-bond acceptors (Lipinski definition) is 2. The van der Waals surface area contributed by atoms with E-state index in [-0.39, 0.29) is 6.04 Å². The summed E-state index contributed by atoms with van der Waals surface area (Å²) in [4.78, 5) is 14.6. The summed E-state index contributed by atoms with van der Waals surface area (Å²) in [6, 6.07) is 6.05. The van der Waals surface area contributed by atoms with Crippen molar-refractivity contribution in [2.75, 3.05) is 0 Å². The van der Waals surface area contributed by atoms with Crippen molar-refractivity contribution < 1.29 is 18.0 Å². The van der Waals surface area contributed by atoms with E-state index in [0.29, 0.717) is 11.2 Å². The molecule has 4 rings (SSSR count). The van der Waals surface area contributed by atoms with Gasteiger partial charge in [-0.25, -0.2) is 13.5 Å². The van der Waals surface area contributed by atoms with E-state index in [2.05, 4.69) is 11.2 Å². The van der Waals surface area contributed by atoms with Crippen LogP contribution in [0.15, 0.2) is 18.2 Å². The van der Waals surface area contributed by atoms with Crippen LogP contribution in [-0.4, -0.2) is 26.6 Å². The second-order valence-corrected chi connectivity index (χ2v) is 7.40. The van der Waals surface area contributed by atoms with Crippen molar-refractivity contribution in [3.63, 3.8) is 0 Å². The first kappa shape index (κ1) is 18.1. The normalized spacial score (nSPS) is 16.5. The lowest BCUT2D eigenvalue weighted by atomic mass is 9.88. The Morgan fingerprint density at radius 1 is 1.30 bits per heavy atom. The zero-order chi connectivity index (χ0) is 19.1. The molecule has 0 bridgehead atoms. The van der Waals surface area contributed by atoms with Crippen LogP contribution in [-0.2, 0) is 26.4 Å². The molecule has 0 atom stereocenters. The van der Waals surface area contributed by atoms with Crippen molar-refractivity contribution in [1.82, 2.24) is 14.7 Å². The monoisotopic (exact) mass is 377 g/mol. The molecule has 2 aliphatic carbocycles. The molecule has 1 saturated carbocycles. The second kappa shape index (κ2) is 7.02. The van der Waals surface area contributed by atoms with Gasteiger partial charge in [0.15, 0.2) is 0 Å². The molecular formula is C20H22F3N3O. The van der Waals surface area contributed by atoms with Crippen LogP contribution < -0.4 is 0 Å². The van der Waals surface area contributed by atoms with Gasteiger partial charge in [0.25, 0.3) is 12.3 Å². The summed E-state index contributed by atoms with van der Waals surface area (Å²) in [7, 11) is 1.23. The van der Waals surface area contributed by atoms with E-state index in [9.17, 15) is 18.0 Å². The fourth-order valence-electron chi connectivity index (χ4n) is 3.96. The van der Waals surface area contributed by atoms with Gasteiger partial charge in [0.05, 0.1) is 0 Å². The number of aromatic nitrogens is 2. The fraction of sp³-hybridized carbons (Fsp3) is 0.500. The van der Waals surface area contributed by atoms with Gasteiger partial charge in [-0.05, 0) is 55.2 Å². The van der Waals surface area contributed by atoms with Crippen LogP contribution in [0, 0.1) is 5.95 Å². The number of carbonyl (C=O) groups is 1. The first-order valence-electron chi connectivity index (χ1n) is 9.38. The number of amides is 1. The van der Waals surface area contributed by atoms with Crippen molar-refractivity contribution in [1.29, 1.82) is 0 Å². The summed E-state index contributed by atoms with van der Waals surface area (Å²) in [5.41, 5.74) is 2.21. The number of nitrogens with zero attached hydrogens (tertiary/aromatic N) is 3. The molecule has 1 aromatic carbocycles. The molecule has 144 valence electrons. The average molecular weight is 377 g/mol. The minimum Gasteiger partial charge on any atom is -0.331 e. The van der Waals surface area contributed by atoms with E-state index in [1.54, 1.807) is 4.90 Å². The summed E-state index contributed by atoms with van der Waals surface area (Å²) < 4.78 is 41.7. The number of fused-ring (bicyclic) bond motifs is 1. The fourth-order valence-corrected chi connectivity index (χ4v) is 3.96. The van der Waals surface area contributed by atoms with Crippen LogP contribution in [0.1, 0.15) is 64.9 Å². The van der Waals surface area contributed by atoms with Crippen molar-refractivity contribution in [2.24, 2.45) is 7.05 Å². The molecule has 0 N–H and O–H groups in total. The third-order valence-electron chi connectivity index (χ3n) is 5.51. The highest BCUT2D eigenvalue weighted by atomic mass is 19.3. The first-order valence-corrected chi connectivity index (χ1v) is 9.38. The van der Waals surface area contributed by atoms with Gasteiger partial charge in [0.2, 0.25) is 5.95 Å². The summed E-state index contributed by atoms with van der Waals surface area (Å²) in [5.74, 6) is -1.69. The van der Waals surface area contributed by atoms with Gasteiger partial charge >= 0.3 is 0 Å². The zero-order valence-corrected chi connectivity index (χ0v) is 15.2. The van der Waals surface area contributed by atoms with Gasteiger partial charge in [-0.2, -0.15) is 9.49 Å². The zero-order valence-electron chi connectivity index (χ0n) is 15.2. The molecule has 2 aliphatic rings. The highest BCUT2D eigenvalue weighted by Crippen LogP contribution is 2.34. The number of carbonyl (C=O) groups excluding carboxylic acids is 1. The molecule has 1 heterocycles. The van der Waals surface area contributed by atoms with Crippen LogP contribution in [0.4, 0.5) is 13.2 Å². The summed E-state index contributed by atoms with van der Waals surface area (Å²) in [5, 5.41) is 3.51. The van der Waals surface area contributed by atoms with Crippen LogP contribution in [0.5, 0.6) is 0 Å². The molecule has 2 aromatic rings. The summed E-state index contributed by atoms with van der Waals surface area (Å²) in [6.07, 6.45) is 2.87. The molecule has 0 aliphatic heterocycles. The minimum absolute atomic E-state index is 0.0259. The van der Waals surface area contributed by atoms with Crippen LogP contribution in [0.25, 0.3) is 0 Å². The molecule has 1 fully saturated rings. The Morgan fingerprint density at radius 2 is 2.04 bits per heavy atom. The largest absolute Gasteiger partial charge is 0.331 e. The topological polar surface area (TPSA) is 38.1 Å². The molecular weight excluding hydrogens is 355 g/mol. The third kappa shape index (κ3) is 3.35. The first-order chi connectivity index (χ1) is 13.0. The molecule has 0 saturated heterocycles. The Morgan fingerprint density at radius 3 is 2.74 bits per heavy atom. The van der Waals surface area contributed by atoms with Gasteiger partial charge in [-0.3, -0.25) is 4.79 Å². The number of alkyl halides is 2. The van der Waals surface area contributed by atoms with Crippen molar-refractivity contribution in [3.8, 4) is 0 Å². The highest BCUT2D eigenvalue weighted by molar-refractivity contribution is 5.96. The standard InChI is InChI=1S/C20H22F3N3O/c1-25-19(23)16(17(24-25)18(21)22)20(27)26(14-9-10-14)11-13-7-4-6-12-5-2-3-8-15(12)13/h4,6-7,14,18H,2-3,5,8-11H2,1H3. The number of rotatable bonds is 5. The second-order valence-electron chi connectivity index (χ2n) is 7.40. The Kier molecular flexibility index (Phi) is 4.70. The van der Waals surface area contributed by atoms with Crippen LogP contribution in [0.2, 0.25) is 0 Å². The molecule has 27 heavy (non-hydrogen) atoms. The molecule has 1 aromatic heterocycles. The molecule has 4 nitrogen and oxygen atoms in total. The SMILES string of the molecule is Cn1nc(C(F)F)c(C(=O)N(Cc2cccc3c2CCCC3)C2CC2)c1F. The number of hydrogen-bond donors (Lipinski definition) is 0. The lowest BCUT2D eigenvalue weighted by molar-refractivity contribution is 0.0711. The molecule has 0 spiro atoms. The summed E-state index contributed by atoms with van der Waals surface area (Å²) in [6.45, 7) is 0.323. The van der Waals surface area contributed by atoms with E-state index in [0.717, 1.165) is 44.1 Å². The van der Waals surface area contributed by atoms with E-state index >= 15 is 0 Å². The predicted molar refractivity (Wildman–Crippen MR) is 94.1 cm³/mol. The highest BCUT2D eigenvalue weighted by Gasteiger charge is 2.38. The van der Waals surface area contributed by atoms with Gasteiger partial charge in [0.1, 0.15) is 11.3 Å². The van der Waals surface area contributed by atoms with Crippen molar-refractivity contribution in [2.45, 2.75) is 57.5 Å². The van der Waals surface area contributed by atoms with Crippen molar-refractivity contribution >= 4 is 5.91 Å². The Bertz CT molecular complexity index is 874. The lowest BCUT2D eigenvalue weighted by Gasteiger charge is -2.26. The van der Waals surface area contributed by atoms with E-state index in [1.165, 1.54) is 18.2 Å². The maximum absolute atomic E-state index is 14.4. The molecule has 0 unspecified atom stereocenters. The smallest absolute Gasteiger partial charge is 0.283 e. The quantitative estimate of drug-likeness (QED) is 0.784. The Hall–Kier alpha value is -2.31. The predicted octanol–water partition coefficient (Wildman–Crippen LogP) is 4.18.